The number of anilines is 1. The van der Waals surface area contributed by atoms with Gasteiger partial charge in [-0.05, 0) is 43.2 Å². The molecule has 0 atom stereocenters. The summed E-state index contributed by atoms with van der Waals surface area (Å²) >= 11 is 6.27. The Morgan fingerprint density at radius 1 is 1.17 bits per heavy atom. The molecule has 2 aromatic carbocycles. The first kappa shape index (κ1) is 18.7. The summed E-state index contributed by atoms with van der Waals surface area (Å²) in [6.45, 7) is 1.30. The van der Waals surface area contributed by atoms with Crippen molar-refractivity contribution in [3.8, 4) is 11.3 Å². The van der Waals surface area contributed by atoms with Crippen molar-refractivity contribution in [3.05, 3.63) is 53.3 Å². The topological polar surface area (TPSA) is 89.4 Å². The van der Waals surface area contributed by atoms with Crippen LogP contribution in [0.15, 0.2) is 42.5 Å². The standard InChI is InChI=1S/C21H18ClFN6O/c22-14-4-5-17-16(11-14)20(28-8-6-12(7-9-28)19(24)30)25-21-18(26-27-29(17)21)13-2-1-3-15(23)10-13/h1-5,10-12H,6-9H2,(H2,24,30). The first-order valence-corrected chi connectivity index (χ1v) is 10.0. The zero-order valence-electron chi connectivity index (χ0n) is 15.9. The second kappa shape index (κ2) is 7.21. The van der Waals surface area contributed by atoms with Crippen LogP contribution in [0.3, 0.4) is 0 Å². The molecule has 0 aliphatic carbocycles. The van der Waals surface area contributed by atoms with Crippen molar-refractivity contribution in [2.45, 2.75) is 12.8 Å². The molecular formula is C21H18ClFN6O. The van der Waals surface area contributed by atoms with E-state index in [9.17, 15) is 9.18 Å². The Labute approximate surface area is 176 Å². The van der Waals surface area contributed by atoms with Gasteiger partial charge in [-0.2, -0.15) is 4.52 Å². The second-order valence-electron chi connectivity index (χ2n) is 7.44. The van der Waals surface area contributed by atoms with Crippen molar-refractivity contribution in [1.29, 1.82) is 0 Å². The highest BCUT2D eigenvalue weighted by atomic mass is 35.5. The van der Waals surface area contributed by atoms with Crippen LogP contribution in [0, 0.1) is 11.7 Å². The average molecular weight is 425 g/mol. The molecule has 1 saturated heterocycles. The largest absolute Gasteiger partial charge is 0.369 e. The van der Waals surface area contributed by atoms with Crippen LogP contribution >= 0.6 is 11.6 Å². The van der Waals surface area contributed by atoms with E-state index >= 15 is 0 Å². The molecule has 0 unspecified atom stereocenters. The summed E-state index contributed by atoms with van der Waals surface area (Å²) in [7, 11) is 0. The molecule has 5 rings (SSSR count). The quantitative estimate of drug-likeness (QED) is 0.544. The number of halogens is 2. The van der Waals surface area contributed by atoms with Gasteiger partial charge in [-0.3, -0.25) is 4.79 Å². The minimum Gasteiger partial charge on any atom is -0.369 e. The number of nitrogens with two attached hydrogens (primary N) is 1. The number of hydrogen-bond acceptors (Lipinski definition) is 5. The lowest BCUT2D eigenvalue weighted by molar-refractivity contribution is -0.122. The van der Waals surface area contributed by atoms with Crippen molar-refractivity contribution in [2.75, 3.05) is 18.0 Å². The third-order valence-electron chi connectivity index (χ3n) is 5.58. The van der Waals surface area contributed by atoms with Gasteiger partial charge in [0, 0.05) is 35.0 Å². The number of aromatic nitrogens is 4. The predicted molar refractivity (Wildman–Crippen MR) is 113 cm³/mol. The van der Waals surface area contributed by atoms with Crippen LogP contribution in [0.4, 0.5) is 10.2 Å². The van der Waals surface area contributed by atoms with Crippen LogP contribution in [0.25, 0.3) is 27.8 Å². The van der Waals surface area contributed by atoms with Crippen molar-refractivity contribution < 1.29 is 9.18 Å². The highest BCUT2D eigenvalue weighted by Gasteiger charge is 2.26. The number of carbonyl (C=O) groups is 1. The molecule has 1 aliphatic heterocycles. The summed E-state index contributed by atoms with van der Waals surface area (Å²) in [5.41, 5.74) is 7.91. The van der Waals surface area contributed by atoms with E-state index in [2.05, 4.69) is 15.2 Å². The third-order valence-corrected chi connectivity index (χ3v) is 5.82. The van der Waals surface area contributed by atoms with Crippen molar-refractivity contribution >= 4 is 39.9 Å². The lowest BCUT2D eigenvalue weighted by Crippen LogP contribution is -2.39. The highest BCUT2D eigenvalue weighted by Crippen LogP contribution is 2.33. The van der Waals surface area contributed by atoms with E-state index in [0.717, 1.165) is 16.7 Å². The van der Waals surface area contributed by atoms with Crippen LogP contribution in [-0.4, -0.2) is 38.8 Å². The van der Waals surface area contributed by atoms with Crippen molar-refractivity contribution in [3.63, 3.8) is 0 Å². The molecule has 1 aliphatic rings. The van der Waals surface area contributed by atoms with Gasteiger partial charge in [-0.1, -0.05) is 28.9 Å². The first-order valence-electron chi connectivity index (χ1n) is 9.66. The molecule has 0 spiro atoms. The van der Waals surface area contributed by atoms with Gasteiger partial charge in [0.25, 0.3) is 0 Å². The summed E-state index contributed by atoms with van der Waals surface area (Å²) in [4.78, 5) is 18.5. The molecule has 0 bridgehead atoms. The Morgan fingerprint density at radius 2 is 1.97 bits per heavy atom. The summed E-state index contributed by atoms with van der Waals surface area (Å²) in [5.74, 6) is -0.00323. The van der Waals surface area contributed by atoms with E-state index in [-0.39, 0.29) is 17.6 Å². The molecule has 4 aromatic rings. The van der Waals surface area contributed by atoms with E-state index in [1.807, 2.05) is 12.1 Å². The van der Waals surface area contributed by atoms with Gasteiger partial charge in [0.15, 0.2) is 5.65 Å². The molecule has 0 saturated carbocycles. The van der Waals surface area contributed by atoms with Crippen LogP contribution in [0.1, 0.15) is 12.8 Å². The lowest BCUT2D eigenvalue weighted by atomic mass is 9.96. The van der Waals surface area contributed by atoms with Gasteiger partial charge in [0.05, 0.1) is 5.52 Å². The second-order valence-corrected chi connectivity index (χ2v) is 7.88. The molecule has 2 aromatic heterocycles. The number of piperidine rings is 1. The van der Waals surface area contributed by atoms with E-state index in [1.165, 1.54) is 12.1 Å². The minimum atomic E-state index is -0.352. The first-order chi connectivity index (χ1) is 14.5. The maximum Gasteiger partial charge on any atom is 0.220 e. The molecule has 1 fully saturated rings. The number of nitrogens with zero attached hydrogens (tertiary/aromatic N) is 5. The van der Waals surface area contributed by atoms with Gasteiger partial charge in [0.1, 0.15) is 17.3 Å². The number of rotatable bonds is 3. The molecule has 2 N–H and O–H groups in total. The van der Waals surface area contributed by atoms with E-state index in [0.29, 0.717) is 47.9 Å². The minimum absolute atomic E-state index is 0.126. The smallest absolute Gasteiger partial charge is 0.220 e. The monoisotopic (exact) mass is 424 g/mol. The van der Waals surface area contributed by atoms with Crippen LogP contribution in [0.5, 0.6) is 0 Å². The maximum atomic E-state index is 13.8. The van der Waals surface area contributed by atoms with Crippen LogP contribution in [0.2, 0.25) is 5.02 Å². The number of benzene rings is 2. The van der Waals surface area contributed by atoms with Crippen LogP contribution in [-0.2, 0) is 4.79 Å². The predicted octanol–water partition coefficient (Wildman–Crippen LogP) is 3.44. The molecule has 152 valence electrons. The summed E-state index contributed by atoms with van der Waals surface area (Å²) in [6.07, 6.45) is 1.33. The fourth-order valence-electron chi connectivity index (χ4n) is 4.01. The van der Waals surface area contributed by atoms with Gasteiger partial charge in [-0.25, -0.2) is 9.37 Å². The molecule has 9 heteroatoms. The zero-order valence-corrected chi connectivity index (χ0v) is 16.7. The summed E-state index contributed by atoms with van der Waals surface area (Å²) < 4.78 is 15.4. The number of carbonyl (C=O) groups excluding carboxylic acids is 1. The number of amides is 1. The third kappa shape index (κ3) is 3.13. The summed E-state index contributed by atoms with van der Waals surface area (Å²) in [6, 6.07) is 11.7. The van der Waals surface area contributed by atoms with Gasteiger partial charge in [-0.15, -0.1) is 5.10 Å². The lowest BCUT2D eigenvalue weighted by Gasteiger charge is -2.32. The average Bonchev–Trinajstić information content (AvgIpc) is 3.17. The Kier molecular flexibility index (Phi) is 4.51. The Hall–Kier alpha value is -3.26. The zero-order chi connectivity index (χ0) is 20.8. The summed E-state index contributed by atoms with van der Waals surface area (Å²) in [5, 5.41) is 9.96. The SMILES string of the molecule is NC(=O)C1CCN(c2nc3c(-c4cccc(F)c4)nnn3c3ccc(Cl)cc23)CC1. The fourth-order valence-corrected chi connectivity index (χ4v) is 4.18. The Bertz CT molecular complexity index is 1280. The molecule has 3 heterocycles. The van der Waals surface area contributed by atoms with Crippen LogP contribution < -0.4 is 10.6 Å². The molecule has 0 radical (unpaired) electrons. The van der Waals surface area contributed by atoms with E-state index < -0.39 is 0 Å². The van der Waals surface area contributed by atoms with Gasteiger partial charge >= 0.3 is 0 Å². The number of primary amides is 1. The van der Waals surface area contributed by atoms with Crippen molar-refractivity contribution in [2.24, 2.45) is 11.7 Å². The highest BCUT2D eigenvalue weighted by molar-refractivity contribution is 6.31. The molecule has 1 amide bonds. The Morgan fingerprint density at radius 3 is 2.70 bits per heavy atom. The maximum absolute atomic E-state index is 13.8. The van der Waals surface area contributed by atoms with E-state index in [1.54, 1.807) is 22.7 Å². The number of fused-ring (bicyclic) bond motifs is 3. The fraction of sp³-hybridized carbons (Fsp3) is 0.238. The molecule has 30 heavy (non-hydrogen) atoms. The van der Waals surface area contributed by atoms with Gasteiger partial charge < -0.3 is 10.6 Å². The van der Waals surface area contributed by atoms with E-state index in [4.69, 9.17) is 22.3 Å². The molecular weight excluding hydrogens is 407 g/mol. The molecule has 7 nitrogen and oxygen atoms in total. The number of hydrogen-bond donors (Lipinski definition) is 1. The van der Waals surface area contributed by atoms with Crippen molar-refractivity contribution in [1.82, 2.24) is 19.8 Å². The Balaban J connectivity index is 1.69. The van der Waals surface area contributed by atoms with Gasteiger partial charge in [0.2, 0.25) is 5.91 Å². The normalized spacial score (nSPS) is 15.2.